The van der Waals surface area contributed by atoms with Gasteiger partial charge in [-0.2, -0.15) is 0 Å². The van der Waals surface area contributed by atoms with Gasteiger partial charge < -0.3 is 5.11 Å². The quantitative estimate of drug-likeness (QED) is 0.574. The van der Waals surface area contributed by atoms with E-state index in [1.165, 1.54) is 16.7 Å². The summed E-state index contributed by atoms with van der Waals surface area (Å²) >= 11 is 13.0. The number of carbonyl (C=O) groups excluding carboxylic acids is 1. The Morgan fingerprint density at radius 1 is 1.47 bits per heavy atom. The molecule has 1 heterocycles. The average Bonchev–Trinajstić information content (AvgIpc) is 2.60. The second kappa shape index (κ2) is 5.95. The molecule has 1 aromatic rings. The Hall–Kier alpha value is -0.370. The number of phenolic OH excluding ortho intramolecular Hbond substituents is 1. The Balaban J connectivity index is 2.43. The Labute approximate surface area is 137 Å². The summed E-state index contributed by atoms with van der Waals surface area (Å²) in [5.74, 6) is -0.0158. The fraction of sp³-hybridized carbons (Fsp3) is 0.167. The number of amides is 1. The van der Waals surface area contributed by atoms with E-state index in [1.807, 2.05) is 6.92 Å². The maximum absolute atomic E-state index is 12.1. The van der Waals surface area contributed by atoms with Crippen molar-refractivity contribution in [2.45, 2.75) is 6.92 Å². The second-order valence-electron chi connectivity index (χ2n) is 3.75. The van der Waals surface area contributed by atoms with Crippen LogP contribution in [-0.2, 0) is 4.79 Å². The van der Waals surface area contributed by atoms with Crippen molar-refractivity contribution in [2.24, 2.45) is 0 Å². The largest absolute Gasteiger partial charge is 0.506 e. The molecule has 1 amide bonds. The first-order valence-corrected chi connectivity index (χ1v) is 8.18. The molecule has 1 aliphatic rings. The van der Waals surface area contributed by atoms with Gasteiger partial charge in [0.15, 0.2) is 0 Å². The van der Waals surface area contributed by atoms with Gasteiger partial charge in [-0.15, -0.1) is 0 Å². The number of nitrogens with zero attached hydrogens (tertiary/aromatic N) is 1. The number of benzene rings is 1. The molecule has 0 aliphatic carbocycles. The topological polar surface area (TPSA) is 40.5 Å². The first-order chi connectivity index (χ1) is 8.93. The lowest BCUT2D eigenvalue weighted by atomic mass is 10.2. The van der Waals surface area contributed by atoms with Gasteiger partial charge in [0.25, 0.3) is 5.91 Å². The van der Waals surface area contributed by atoms with E-state index in [9.17, 15) is 9.90 Å². The molecular weight excluding hydrogens is 414 g/mol. The van der Waals surface area contributed by atoms with Crippen molar-refractivity contribution >= 4 is 72.1 Å². The number of hydrogen-bond acceptors (Lipinski definition) is 4. The van der Waals surface area contributed by atoms with Gasteiger partial charge in [-0.3, -0.25) is 9.69 Å². The highest BCUT2D eigenvalue weighted by Crippen LogP contribution is 2.37. The van der Waals surface area contributed by atoms with E-state index >= 15 is 0 Å². The Morgan fingerprint density at radius 2 is 2.16 bits per heavy atom. The SMILES string of the molecule is CCN1C(=O)C(=Cc2cc(Br)cc(Br)c2O)SC1=S. The van der Waals surface area contributed by atoms with Gasteiger partial charge in [-0.1, -0.05) is 39.9 Å². The summed E-state index contributed by atoms with van der Waals surface area (Å²) in [4.78, 5) is 14.1. The van der Waals surface area contributed by atoms with Crippen molar-refractivity contribution in [1.82, 2.24) is 4.90 Å². The molecule has 1 fully saturated rings. The summed E-state index contributed by atoms with van der Waals surface area (Å²) in [5, 5.41) is 9.98. The molecule has 3 nitrogen and oxygen atoms in total. The number of carbonyl (C=O) groups is 1. The molecule has 1 aromatic carbocycles. The van der Waals surface area contributed by atoms with Crippen LogP contribution in [0.5, 0.6) is 5.75 Å². The summed E-state index contributed by atoms with van der Waals surface area (Å²) in [6.07, 6.45) is 1.65. The molecule has 0 radical (unpaired) electrons. The predicted octanol–water partition coefficient (Wildman–Crippen LogP) is 4.14. The van der Waals surface area contributed by atoms with Crippen LogP contribution in [0.4, 0.5) is 0 Å². The lowest BCUT2D eigenvalue weighted by Crippen LogP contribution is -2.27. The van der Waals surface area contributed by atoms with Crippen LogP contribution >= 0.6 is 55.8 Å². The van der Waals surface area contributed by atoms with Crippen molar-refractivity contribution in [3.63, 3.8) is 0 Å². The fourth-order valence-corrected chi connectivity index (χ4v) is 4.24. The Bertz CT molecular complexity index is 602. The van der Waals surface area contributed by atoms with Crippen LogP contribution in [-0.4, -0.2) is 26.8 Å². The van der Waals surface area contributed by atoms with Crippen LogP contribution in [0.3, 0.4) is 0 Å². The number of aromatic hydroxyl groups is 1. The molecule has 1 aliphatic heterocycles. The minimum atomic E-state index is -0.118. The van der Waals surface area contributed by atoms with E-state index in [2.05, 4.69) is 31.9 Å². The van der Waals surface area contributed by atoms with E-state index < -0.39 is 0 Å². The van der Waals surface area contributed by atoms with Gasteiger partial charge in [0, 0.05) is 16.6 Å². The van der Waals surface area contributed by atoms with Crippen LogP contribution in [0.2, 0.25) is 0 Å². The van der Waals surface area contributed by atoms with Crippen molar-refractivity contribution in [3.05, 3.63) is 31.5 Å². The normalized spacial score (nSPS) is 17.6. The first-order valence-electron chi connectivity index (χ1n) is 5.37. The molecule has 7 heteroatoms. The number of rotatable bonds is 2. The zero-order valence-corrected chi connectivity index (χ0v) is 14.6. The molecule has 0 atom stereocenters. The van der Waals surface area contributed by atoms with Crippen LogP contribution in [0, 0.1) is 0 Å². The molecule has 0 unspecified atom stereocenters. The first kappa shape index (κ1) is 15.0. The van der Waals surface area contributed by atoms with Gasteiger partial charge in [0.1, 0.15) is 10.1 Å². The highest BCUT2D eigenvalue weighted by atomic mass is 79.9. The highest BCUT2D eigenvalue weighted by molar-refractivity contribution is 9.11. The minimum Gasteiger partial charge on any atom is -0.506 e. The smallest absolute Gasteiger partial charge is 0.266 e. The third kappa shape index (κ3) is 3.04. The van der Waals surface area contributed by atoms with Gasteiger partial charge in [0.05, 0.1) is 9.38 Å². The number of likely N-dealkylation sites (N-methyl/N-ethyl adjacent to an activating group) is 1. The monoisotopic (exact) mass is 421 g/mol. The van der Waals surface area contributed by atoms with Gasteiger partial charge in [0.2, 0.25) is 0 Å². The molecule has 0 aromatic heterocycles. The molecule has 0 bridgehead atoms. The van der Waals surface area contributed by atoms with Crippen LogP contribution < -0.4 is 0 Å². The fourth-order valence-electron chi connectivity index (χ4n) is 1.61. The standard InChI is InChI=1S/C12H9Br2NO2S2/c1-2-15-11(17)9(19-12(15)18)4-6-3-7(13)5-8(14)10(6)16/h3-5,16H,2H2,1H3. The zero-order valence-electron chi connectivity index (χ0n) is 9.81. The van der Waals surface area contributed by atoms with Gasteiger partial charge in [-0.25, -0.2) is 0 Å². The van der Waals surface area contributed by atoms with Crippen molar-refractivity contribution in [2.75, 3.05) is 6.54 Å². The van der Waals surface area contributed by atoms with Gasteiger partial charge >= 0.3 is 0 Å². The van der Waals surface area contributed by atoms with Crippen molar-refractivity contribution in [3.8, 4) is 5.75 Å². The number of thiocarbonyl (C=S) groups is 1. The van der Waals surface area contributed by atoms with E-state index in [4.69, 9.17) is 12.2 Å². The van der Waals surface area contributed by atoms with E-state index in [-0.39, 0.29) is 11.7 Å². The van der Waals surface area contributed by atoms with E-state index in [1.54, 1.807) is 18.2 Å². The second-order valence-corrected chi connectivity index (χ2v) is 7.20. The maximum Gasteiger partial charge on any atom is 0.266 e. The summed E-state index contributed by atoms with van der Waals surface area (Å²) in [6.45, 7) is 2.43. The third-order valence-corrected chi connectivity index (χ3v) is 4.97. The zero-order chi connectivity index (χ0) is 14.2. The number of halogens is 2. The van der Waals surface area contributed by atoms with E-state index in [0.717, 1.165) is 4.47 Å². The lowest BCUT2D eigenvalue weighted by Gasteiger charge is -2.09. The van der Waals surface area contributed by atoms with Crippen molar-refractivity contribution < 1.29 is 9.90 Å². The molecule has 1 N–H and O–H groups in total. The van der Waals surface area contributed by atoms with E-state index in [0.29, 0.717) is 25.8 Å². The summed E-state index contributed by atoms with van der Waals surface area (Å²) in [5.41, 5.74) is 0.567. The minimum absolute atomic E-state index is 0.102. The highest BCUT2D eigenvalue weighted by Gasteiger charge is 2.30. The van der Waals surface area contributed by atoms with Crippen molar-refractivity contribution in [1.29, 1.82) is 0 Å². The molecule has 0 saturated carbocycles. The number of thioether (sulfide) groups is 1. The Morgan fingerprint density at radius 3 is 2.74 bits per heavy atom. The maximum atomic E-state index is 12.1. The van der Waals surface area contributed by atoms with Crippen LogP contribution in [0.1, 0.15) is 12.5 Å². The third-order valence-electron chi connectivity index (χ3n) is 2.53. The number of hydrogen-bond donors (Lipinski definition) is 1. The average molecular weight is 423 g/mol. The van der Waals surface area contributed by atoms with Crippen LogP contribution in [0.25, 0.3) is 6.08 Å². The Kier molecular flexibility index (Phi) is 4.70. The molecule has 100 valence electrons. The predicted molar refractivity (Wildman–Crippen MR) is 89.1 cm³/mol. The summed E-state index contributed by atoms with van der Waals surface area (Å²) in [6, 6.07) is 3.49. The van der Waals surface area contributed by atoms with Crippen LogP contribution in [0.15, 0.2) is 26.0 Å². The summed E-state index contributed by atoms with van der Waals surface area (Å²) < 4.78 is 1.93. The molecule has 0 spiro atoms. The number of phenols is 1. The molecule has 19 heavy (non-hydrogen) atoms. The lowest BCUT2D eigenvalue weighted by molar-refractivity contribution is -0.121. The summed E-state index contributed by atoms with van der Waals surface area (Å²) in [7, 11) is 0. The molecular formula is C12H9Br2NO2S2. The van der Waals surface area contributed by atoms with Gasteiger partial charge in [-0.05, 0) is 41.1 Å². The molecule has 2 rings (SSSR count). The molecule has 1 saturated heterocycles.